The highest BCUT2D eigenvalue weighted by atomic mass is 32.1. The van der Waals surface area contributed by atoms with Gasteiger partial charge < -0.3 is 0 Å². The molecular weight excluding hydrogens is 286 g/mol. The third-order valence-electron chi connectivity index (χ3n) is 4.09. The van der Waals surface area contributed by atoms with Gasteiger partial charge in [-0.25, -0.2) is 4.98 Å². The van der Waals surface area contributed by atoms with E-state index in [2.05, 4.69) is 26.7 Å². The first-order valence-corrected chi connectivity index (χ1v) is 7.91. The second-order valence-electron chi connectivity index (χ2n) is 5.80. The summed E-state index contributed by atoms with van der Waals surface area (Å²) >= 11 is 1.24. The largest absolute Gasteiger partial charge is 0.296 e. The smallest absolute Gasteiger partial charge is 0.261 e. The van der Waals surface area contributed by atoms with E-state index in [1.54, 1.807) is 0 Å². The van der Waals surface area contributed by atoms with Crippen molar-refractivity contribution in [3.8, 4) is 0 Å². The van der Waals surface area contributed by atoms with Gasteiger partial charge in [-0.05, 0) is 33.6 Å². The van der Waals surface area contributed by atoms with Crippen molar-refractivity contribution >= 4 is 22.6 Å². The summed E-state index contributed by atoms with van der Waals surface area (Å²) in [6.45, 7) is 8.68. The van der Waals surface area contributed by atoms with Gasteiger partial charge in [-0.15, -0.1) is 0 Å². The number of nitrogens with one attached hydrogen (secondary N) is 1. The number of carbonyl (C=O) groups is 1. The Balaban J connectivity index is 1.80. The van der Waals surface area contributed by atoms with Crippen LogP contribution in [-0.4, -0.2) is 25.0 Å². The molecule has 21 heavy (non-hydrogen) atoms. The summed E-state index contributed by atoms with van der Waals surface area (Å²) < 4.78 is 6.19. The standard InChI is InChI=1S/C14H19N5OS/c1-5-19-9(3)10(8(2)17-19)11(20)15-13-16-12(18-21-13)14(4)6-7-14/h5-7H2,1-4H3,(H,15,16,18,20). The normalized spacial score (nSPS) is 16.0. The summed E-state index contributed by atoms with van der Waals surface area (Å²) in [5.41, 5.74) is 2.38. The van der Waals surface area contributed by atoms with Gasteiger partial charge in [0.15, 0.2) is 5.82 Å². The predicted octanol–water partition coefficient (Wildman–Crippen LogP) is 2.68. The minimum absolute atomic E-state index is 0.123. The minimum atomic E-state index is -0.159. The number of rotatable bonds is 4. The molecule has 1 amide bonds. The van der Waals surface area contributed by atoms with Gasteiger partial charge in [0.2, 0.25) is 5.13 Å². The second kappa shape index (κ2) is 4.91. The van der Waals surface area contributed by atoms with E-state index in [1.165, 1.54) is 11.5 Å². The number of hydrogen-bond donors (Lipinski definition) is 1. The van der Waals surface area contributed by atoms with Crippen molar-refractivity contribution in [2.45, 2.75) is 52.5 Å². The number of carbonyl (C=O) groups excluding carboxylic acids is 1. The molecule has 2 aromatic heterocycles. The molecule has 2 aromatic rings. The zero-order valence-electron chi connectivity index (χ0n) is 12.7. The van der Waals surface area contributed by atoms with Crippen LogP contribution in [0.5, 0.6) is 0 Å². The van der Waals surface area contributed by atoms with Crippen molar-refractivity contribution < 1.29 is 4.79 Å². The fourth-order valence-electron chi connectivity index (χ4n) is 2.42. The Hall–Kier alpha value is -1.76. The fourth-order valence-corrected chi connectivity index (χ4v) is 3.12. The number of aryl methyl sites for hydroxylation is 2. The third kappa shape index (κ3) is 2.46. The summed E-state index contributed by atoms with van der Waals surface area (Å²) in [7, 11) is 0. The van der Waals surface area contributed by atoms with Crippen LogP contribution in [0, 0.1) is 13.8 Å². The highest BCUT2D eigenvalue weighted by Gasteiger charge is 2.43. The van der Waals surface area contributed by atoms with Gasteiger partial charge in [-0.2, -0.15) is 9.47 Å². The molecule has 0 aromatic carbocycles. The van der Waals surface area contributed by atoms with E-state index < -0.39 is 0 Å². The van der Waals surface area contributed by atoms with Gasteiger partial charge in [0.1, 0.15) is 0 Å². The molecule has 2 heterocycles. The van der Waals surface area contributed by atoms with Crippen molar-refractivity contribution in [2.75, 3.05) is 5.32 Å². The van der Waals surface area contributed by atoms with E-state index in [0.717, 1.165) is 36.6 Å². The Morgan fingerprint density at radius 2 is 2.14 bits per heavy atom. The van der Waals surface area contributed by atoms with Crippen LogP contribution < -0.4 is 5.32 Å². The van der Waals surface area contributed by atoms with Crippen LogP contribution in [0.3, 0.4) is 0 Å². The molecule has 1 saturated carbocycles. The van der Waals surface area contributed by atoms with Crippen LogP contribution in [0.25, 0.3) is 0 Å². The molecular formula is C14H19N5OS. The molecule has 0 aliphatic heterocycles. The lowest BCUT2D eigenvalue weighted by Crippen LogP contribution is -2.14. The second-order valence-corrected chi connectivity index (χ2v) is 6.55. The molecule has 3 rings (SSSR count). The van der Waals surface area contributed by atoms with E-state index in [9.17, 15) is 4.79 Å². The molecule has 112 valence electrons. The molecule has 1 aliphatic rings. The number of aromatic nitrogens is 4. The van der Waals surface area contributed by atoms with E-state index in [1.807, 2.05) is 25.5 Å². The molecule has 1 fully saturated rings. The quantitative estimate of drug-likeness (QED) is 0.942. The number of amides is 1. The molecule has 0 spiro atoms. The first-order chi connectivity index (χ1) is 9.94. The Bertz CT molecular complexity index is 698. The Labute approximate surface area is 127 Å². The van der Waals surface area contributed by atoms with Crippen molar-refractivity contribution in [3.05, 3.63) is 22.8 Å². The monoisotopic (exact) mass is 305 g/mol. The lowest BCUT2D eigenvalue weighted by atomic mass is 10.1. The molecule has 0 atom stereocenters. The van der Waals surface area contributed by atoms with E-state index in [0.29, 0.717) is 10.7 Å². The van der Waals surface area contributed by atoms with E-state index in [4.69, 9.17) is 0 Å². The molecule has 0 bridgehead atoms. The first kappa shape index (κ1) is 14.2. The third-order valence-corrected chi connectivity index (χ3v) is 4.72. The number of nitrogens with zero attached hydrogens (tertiary/aromatic N) is 4. The molecule has 1 aliphatic carbocycles. The Kier molecular flexibility index (Phi) is 3.32. The highest BCUT2D eigenvalue weighted by Crippen LogP contribution is 2.46. The molecule has 7 heteroatoms. The summed E-state index contributed by atoms with van der Waals surface area (Å²) in [6.07, 6.45) is 2.25. The maximum Gasteiger partial charge on any atom is 0.261 e. The fraction of sp³-hybridized carbons (Fsp3) is 0.571. The molecule has 0 radical (unpaired) electrons. The van der Waals surface area contributed by atoms with E-state index in [-0.39, 0.29) is 11.3 Å². The molecule has 6 nitrogen and oxygen atoms in total. The lowest BCUT2D eigenvalue weighted by Gasteiger charge is -2.03. The first-order valence-electron chi connectivity index (χ1n) is 7.14. The van der Waals surface area contributed by atoms with Crippen LogP contribution in [0.2, 0.25) is 0 Å². The predicted molar refractivity (Wildman–Crippen MR) is 81.8 cm³/mol. The van der Waals surface area contributed by atoms with Crippen molar-refractivity contribution in [3.63, 3.8) is 0 Å². The van der Waals surface area contributed by atoms with Crippen molar-refractivity contribution in [1.82, 2.24) is 19.1 Å². The molecule has 1 N–H and O–H groups in total. The average molecular weight is 305 g/mol. The molecule has 0 saturated heterocycles. The zero-order valence-corrected chi connectivity index (χ0v) is 13.5. The summed E-state index contributed by atoms with van der Waals surface area (Å²) in [6, 6.07) is 0. The van der Waals surface area contributed by atoms with Gasteiger partial charge in [-0.3, -0.25) is 14.8 Å². The maximum absolute atomic E-state index is 12.4. The summed E-state index contributed by atoms with van der Waals surface area (Å²) in [5.74, 6) is 0.689. The maximum atomic E-state index is 12.4. The Morgan fingerprint density at radius 1 is 1.43 bits per heavy atom. The summed E-state index contributed by atoms with van der Waals surface area (Å²) in [4.78, 5) is 16.9. The lowest BCUT2D eigenvalue weighted by molar-refractivity contribution is 0.102. The van der Waals surface area contributed by atoms with Gasteiger partial charge in [0.05, 0.1) is 11.3 Å². The number of anilines is 1. The van der Waals surface area contributed by atoms with E-state index >= 15 is 0 Å². The van der Waals surface area contributed by atoms with Crippen LogP contribution in [0.1, 0.15) is 54.3 Å². The molecule has 0 unspecified atom stereocenters. The average Bonchev–Trinajstić information content (AvgIpc) is 2.89. The number of hydrogen-bond acceptors (Lipinski definition) is 5. The topological polar surface area (TPSA) is 72.7 Å². The highest BCUT2D eigenvalue weighted by molar-refractivity contribution is 7.09. The van der Waals surface area contributed by atoms with Gasteiger partial charge in [-0.1, -0.05) is 6.92 Å². The van der Waals surface area contributed by atoms with Crippen molar-refractivity contribution in [1.29, 1.82) is 0 Å². The van der Waals surface area contributed by atoms with Crippen molar-refractivity contribution in [2.24, 2.45) is 0 Å². The summed E-state index contributed by atoms with van der Waals surface area (Å²) in [5, 5.41) is 7.78. The van der Waals surface area contributed by atoms with Gasteiger partial charge >= 0.3 is 0 Å². The van der Waals surface area contributed by atoms with Crippen LogP contribution in [0.15, 0.2) is 0 Å². The van der Waals surface area contributed by atoms with Crippen LogP contribution in [-0.2, 0) is 12.0 Å². The van der Waals surface area contributed by atoms with Gasteiger partial charge in [0, 0.05) is 29.2 Å². The zero-order chi connectivity index (χ0) is 15.2. The minimum Gasteiger partial charge on any atom is -0.296 e. The van der Waals surface area contributed by atoms with Crippen LogP contribution >= 0.6 is 11.5 Å². The SMILES string of the molecule is CCn1nc(C)c(C(=O)Nc2nc(C3(C)CC3)ns2)c1C. The van der Waals surface area contributed by atoms with Crippen LogP contribution in [0.4, 0.5) is 5.13 Å². The van der Waals surface area contributed by atoms with Gasteiger partial charge in [0.25, 0.3) is 5.91 Å². The Morgan fingerprint density at radius 3 is 2.71 bits per heavy atom.